The van der Waals surface area contributed by atoms with Crippen LogP contribution in [-0.4, -0.2) is 67.4 Å². The van der Waals surface area contributed by atoms with Gasteiger partial charge in [-0.3, -0.25) is 23.3 Å². The number of amides is 2. The molecule has 1 atom stereocenters. The molecule has 2 amide bonds. The van der Waals surface area contributed by atoms with Gasteiger partial charge in [-0.15, -0.1) is 0 Å². The Labute approximate surface area is 197 Å². The van der Waals surface area contributed by atoms with Crippen LogP contribution in [0.3, 0.4) is 0 Å². The number of nitrogens with two attached hydrogens (primary N) is 1. The van der Waals surface area contributed by atoms with Gasteiger partial charge in [-0.05, 0) is 18.2 Å². The molecule has 11 heteroatoms. The van der Waals surface area contributed by atoms with Crippen LogP contribution in [0.1, 0.15) is 10.4 Å². The molecular weight excluding hydrogens is 456 g/mol. The lowest BCUT2D eigenvalue weighted by Crippen LogP contribution is -2.35. The van der Waals surface area contributed by atoms with Crippen molar-refractivity contribution in [1.82, 2.24) is 24.4 Å². The molecule has 3 heterocycles. The lowest BCUT2D eigenvalue weighted by molar-refractivity contribution is -0.118. The van der Waals surface area contributed by atoms with E-state index in [4.69, 9.17) is 10.5 Å². The predicted molar refractivity (Wildman–Crippen MR) is 127 cm³/mol. The number of hydrogen-bond acceptors (Lipinski definition) is 7. The molecule has 174 valence electrons. The summed E-state index contributed by atoms with van der Waals surface area (Å²) in [6, 6.07) is 8.54. The standard InChI is InChI=1S/C23H22N6O4S/c1-28(13-21(24)30)22(31)14-4-5-17-19(8-14)29(12-20(17)34(3)32)23-26-10-15(11-27-23)18-9-16(33-2)6-7-25-18/h4-12H,13H2,1-3H3,(H2,24,30). The van der Waals surface area contributed by atoms with Gasteiger partial charge in [0, 0.05) is 60.7 Å². The van der Waals surface area contributed by atoms with Crippen molar-refractivity contribution in [1.29, 1.82) is 0 Å². The van der Waals surface area contributed by atoms with E-state index in [1.807, 2.05) is 0 Å². The van der Waals surface area contributed by atoms with E-state index in [2.05, 4.69) is 15.0 Å². The highest BCUT2D eigenvalue weighted by atomic mass is 32.2. The summed E-state index contributed by atoms with van der Waals surface area (Å²) in [5.41, 5.74) is 7.52. The second-order valence-corrected chi connectivity index (χ2v) is 8.88. The van der Waals surface area contributed by atoms with E-state index in [0.29, 0.717) is 44.3 Å². The van der Waals surface area contributed by atoms with Crippen molar-refractivity contribution in [3.05, 3.63) is 60.7 Å². The van der Waals surface area contributed by atoms with Gasteiger partial charge in [-0.1, -0.05) is 6.07 Å². The van der Waals surface area contributed by atoms with Gasteiger partial charge >= 0.3 is 0 Å². The Bertz CT molecular complexity index is 1420. The second-order valence-electron chi connectivity index (χ2n) is 7.53. The number of pyridine rings is 1. The van der Waals surface area contributed by atoms with Crippen molar-refractivity contribution in [2.24, 2.45) is 5.73 Å². The fraction of sp³-hybridized carbons (Fsp3) is 0.174. The van der Waals surface area contributed by atoms with Gasteiger partial charge in [0.25, 0.3) is 5.91 Å². The van der Waals surface area contributed by atoms with Crippen LogP contribution in [0, 0.1) is 0 Å². The van der Waals surface area contributed by atoms with Crippen LogP contribution in [0.25, 0.3) is 28.1 Å². The number of methoxy groups -OCH3 is 1. The van der Waals surface area contributed by atoms with Gasteiger partial charge in [0.2, 0.25) is 11.9 Å². The van der Waals surface area contributed by atoms with Gasteiger partial charge in [0.1, 0.15) is 5.75 Å². The molecule has 0 aliphatic heterocycles. The van der Waals surface area contributed by atoms with E-state index in [0.717, 1.165) is 0 Å². The molecule has 0 radical (unpaired) electrons. The highest BCUT2D eigenvalue weighted by Crippen LogP contribution is 2.28. The molecule has 0 saturated carbocycles. The number of hydrogen-bond donors (Lipinski definition) is 1. The van der Waals surface area contributed by atoms with Crippen LogP contribution >= 0.6 is 0 Å². The summed E-state index contributed by atoms with van der Waals surface area (Å²) < 4.78 is 19.3. The maximum Gasteiger partial charge on any atom is 0.254 e. The minimum absolute atomic E-state index is 0.203. The molecule has 34 heavy (non-hydrogen) atoms. The van der Waals surface area contributed by atoms with E-state index in [1.165, 1.54) is 11.9 Å². The second kappa shape index (κ2) is 9.40. The number of fused-ring (bicyclic) bond motifs is 1. The summed E-state index contributed by atoms with van der Waals surface area (Å²) in [6.45, 7) is -0.203. The first-order valence-electron chi connectivity index (χ1n) is 10.1. The van der Waals surface area contributed by atoms with Crippen molar-refractivity contribution in [3.63, 3.8) is 0 Å². The summed E-state index contributed by atoms with van der Waals surface area (Å²) in [5.74, 6) is 0.0263. The third-order valence-electron chi connectivity index (χ3n) is 5.18. The minimum atomic E-state index is -1.29. The average molecular weight is 479 g/mol. The number of aromatic nitrogens is 4. The summed E-state index contributed by atoms with van der Waals surface area (Å²) >= 11 is 0. The molecule has 0 aliphatic carbocycles. The Balaban J connectivity index is 1.77. The van der Waals surface area contributed by atoms with Gasteiger partial charge in [-0.2, -0.15) is 0 Å². The molecule has 2 N–H and O–H groups in total. The molecule has 4 aromatic rings. The van der Waals surface area contributed by atoms with Gasteiger partial charge in [-0.25, -0.2) is 9.97 Å². The highest BCUT2D eigenvalue weighted by Gasteiger charge is 2.19. The van der Waals surface area contributed by atoms with Gasteiger partial charge in [0.15, 0.2) is 0 Å². The maximum absolute atomic E-state index is 12.8. The number of ether oxygens (including phenoxy) is 1. The van der Waals surface area contributed by atoms with Crippen molar-refractivity contribution in [2.75, 3.05) is 27.0 Å². The third kappa shape index (κ3) is 4.50. The normalized spacial score (nSPS) is 11.9. The molecule has 0 aliphatic rings. The Morgan fingerprint density at radius 2 is 1.88 bits per heavy atom. The zero-order chi connectivity index (χ0) is 24.4. The van der Waals surface area contributed by atoms with Crippen LogP contribution in [0.4, 0.5) is 0 Å². The van der Waals surface area contributed by atoms with Crippen molar-refractivity contribution < 1.29 is 18.5 Å². The van der Waals surface area contributed by atoms with E-state index in [1.54, 1.807) is 73.1 Å². The number of rotatable bonds is 7. The summed E-state index contributed by atoms with van der Waals surface area (Å²) in [6.07, 6.45) is 8.18. The van der Waals surface area contributed by atoms with Crippen molar-refractivity contribution >= 4 is 33.5 Å². The Morgan fingerprint density at radius 1 is 1.15 bits per heavy atom. The van der Waals surface area contributed by atoms with Crippen LogP contribution in [0.2, 0.25) is 0 Å². The first-order chi connectivity index (χ1) is 16.3. The highest BCUT2D eigenvalue weighted by molar-refractivity contribution is 7.84. The van der Waals surface area contributed by atoms with Crippen molar-refractivity contribution in [3.8, 4) is 23.0 Å². The zero-order valence-corrected chi connectivity index (χ0v) is 19.6. The molecule has 1 aromatic carbocycles. The predicted octanol–water partition coefficient (Wildman–Crippen LogP) is 1.79. The van der Waals surface area contributed by atoms with E-state index < -0.39 is 16.7 Å². The number of likely N-dealkylation sites (N-methyl/N-ethyl adjacent to an activating group) is 1. The monoisotopic (exact) mass is 478 g/mol. The Hall–Kier alpha value is -4.12. The third-order valence-corrected chi connectivity index (χ3v) is 6.13. The molecule has 3 aromatic heterocycles. The topological polar surface area (TPSA) is 133 Å². The molecule has 0 saturated heterocycles. The molecular formula is C23H22N6O4S. The number of nitrogens with zero attached hydrogens (tertiary/aromatic N) is 5. The summed E-state index contributed by atoms with van der Waals surface area (Å²) in [7, 11) is 1.79. The van der Waals surface area contributed by atoms with E-state index in [9.17, 15) is 13.8 Å². The Kier molecular flexibility index (Phi) is 6.37. The largest absolute Gasteiger partial charge is 0.497 e. The quantitative estimate of drug-likeness (QED) is 0.428. The SMILES string of the molecule is COc1ccnc(-c2cnc(-n3cc(S(C)=O)c4ccc(C(=O)N(C)CC(N)=O)cc43)nc2)c1. The number of carbonyl (C=O) groups is 2. The van der Waals surface area contributed by atoms with Crippen molar-refractivity contribution in [2.45, 2.75) is 4.90 Å². The van der Waals surface area contributed by atoms with E-state index in [-0.39, 0.29) is 12.5 Å². The average Bonchev–Trinajstić information content (AvgIpc) is 3.22. The first-order valence-corrected chi connectivity index (χ1v) is 11.7. The Morgan fingerprint density at radius 3 is 2.53 bits per heavy atom. The van der Waals surface area contributed by atoms with Crippen LogP contribution in [-0.2, 0) is 15.6 Å². The minimum Gasteiger partial charge on any atom is -0.497 e. The lowest BCUT2D eigenvalue weighted by Gasteiger charge is -2.15. The maximum atomic E-state index is 12.8. The summed E-state index contributed by atoms with van der Waals surface area (Å²) in [4.78, 5) is 39.1. The smallest absolute Gasteiger partial charge is 0.254 e. The van der Waals surface area contributed by atoms with Crippen LogP contribution in [0.15, 0.2) is 60.0 Å². The molecule has 4 rings (SSSR count). The number of benzene rings is 1. The van der Waals surface area contributed by atoms with Gasteiger partial charge < -0.3 is 15.4 Å². The van der Waals surface area contributed by atoms with E-state index >= 15 is 0 Å². The molecule has 0 fully saturated rings. The molecule has 10 nitrogen and oxygen atoms in total. The molecule has 0 spiro atoms. The summed E-state index contributed by atoms with van der Waals surface area (Å²) in [5, 5.41) is 0.706. The number of carbonyl (C=O) groups excluding carboxylic acids is 2. The molecule has 0 bridgehead atoms. The fourth-order valence-electron chi connectivity index (χ4n) is 3.52. The molecule has 1 unspecified atom stereocenters. The van der Waals surface area contributed by atoms with Crippen LogP contribution < -0.4 is 10.5 Å². The first kappa shape index (κ1) is 23.1. The fourth-order valence-corrected chi connectivity index (χ4v) is 4.26. The van der Waals surface area contributed by atoms with Gasteiger partial charge in [0.05, 0.1) is 40.6 Å². The van der Waals surface area contributed by atoms with Crippen LogP contribution in [0.5, 0.6) is 5.75 Å². The lowest BCUT2D eigenvalue weighted by atomic mass is 10.1. The zero-order valence-electron chi connectivity index (χ0n) is 18.8. The number of primary amides is 1.